The SMILES string of the molecule is CSOC1OCC(COCCC(F)(F)C(F)(F)C(F)(F)C(F)(F)C(F)(F)C(F)(F)F)O1. The van der Waals surface area contributed by atoms with E-state index in [9.17, 15) is 57.1 Å². The maximum atomic E-state index is 13.5. The molecule has 1 heterocycles. The van der Waals surface area contributed by atoms with Crippen molar-refractivity contribution in [3.05, 3.63) is 0 Å². The van der Waals surface area contributed by atoms with Gasteiger partial charge in [0.15, 0.2) is 0 Å². The van der Waals surface area contributed by atoms with Gasteiger partial charge in [-0.25, -0.2) is 0 Å². The fourth-order valence-corrected chi connectivity index (χ4v) is 2.27. The van der Waals surface area contributed by atoms with Crippen molar-refractivity contribution in [3.63, 3.8) is 0 Å². The fraction of sp³-hybridized carbons (Fsp3) is 1.00. The van der Waals surface area contributed by atoms with Gasteiger partial charge in [-0.15, -0.1) is 0 Å². The van der Waals surface area contributed by atoms with E-state index < -0.39 is 68.0 Å². The summed E-state index contributed by atoms with van der Waals surface area (Å²) < 4.78 is 187. The molecule has 0 bridgehead atoms. The molecular weight excluding hydrogens is 499 g/mol. The van der Waals surface area contributed by atoms with E-state index >= 15 is 0 Å². The Morgan fingerprint density at radius 2 is 1.32 bits per heavy atom. The lowest BCUT2D eigenvalue weighted by Gasteiger charge is -2.39. The highest BCUT2D eigenvalue weighted by Crippen LogP contribution is 2.60. The van der Waals surface area contributed by atoms with Crippen molar-refractivity contribution in [2.45, 2.75) is 54.8 Å². The Labute approximate surface area is 169 Å². The Hall–Kier alpha value is -0.720. The van der Waals surface area contributed by atoms with E-state index in [4.69, 9.17) is 13.7 Å². The number of hydrogen-bond acceptors (Lipinski definition) is 5. The third-order valence-electron chi connectivity index (χ3n) is 3.76. The normalized spacial score (nSPS) is 22.3. The second-order valence-corrected chi connectivity index (χ2v) is 6.49. The third kappa shape index (κ3) is 5.27. The first kappa shape index (κ1) is 28.3. The minimum Gasteiger partial charge on any atom is -0.378 e. The summed E-state index contributed by atoms with van der Waals surface area (Å²) >= 11 is 0.813. The zero-order valence-electron chi connectivity index (χ0n) is 14.9. The summed E-state index contributed by atoms with van der Waals surface area (Å²) in [5.74, 6) is -36.9. The van der Waals surface area contributed by atoms with E-state index in [1.165, 1.54) is 6.26 Å². The van der Waals surface area contributed by atoms with Gasteiger partial charge in [0.25, 0.3) is 6.48 Å². The second kappa shape index (κ2) is 9.26. The topological polar surface area (TPSA) is 36.9 Å². The fourth-order valence-electron chi connectivity index (χ4n) is 2.01. The van der Waals surface area contributed by atoms with E-state index in [0.717, 1.165) is 12.0 Å². The first-order valence-corrected chi connectivity index (χ1v) is 8.91. The number of hydrogen-bond donors (Lipinski definition) is 0. The molecule has 18 heteroatoms. The van der Waals surface area contributed by atoms with Crippen molar-refractivity contribution in [2.24, 2.45) is 0 Å². The quantitative estimate of drug-likeness (QED) is 0.218. The van der Waals surface area contributed by atoms with Crippen LogP contribution in [0.15, 0.2) is 0 Å². The zero-order valence-corrected chi connectivity index (χ0v) is 15.8. The van der Waals surface area contributed by atoms with Gasteiger partial charge in [-0.2, -0.15) is 57.1 Å². The van der Waals surface area contributed by atoms with E-state index in [0.29, 0.717) is 0 Å². The van der Waals surface area contributed by atoms with Gasteiger partial charge in [0.2, 0.25) is 0 Å². The standard InChI is InChI=1S/C13H13F13O4S/c1-31-30-7-28-5-6(29-7)4-27-3-2-8(14,15)9(16,17)10(18,19)11(20,21)12(22,23)13(24,25)26/h6-7H,2-5H2,1H3. The van der Waals surface area contributed by atoms with Gasteiger partial charge in [-0.1, -0.05) is 0 Å². The smallest absolute Gasteiger partial charge is 0.378 e. The first-order chi connectivity index (χ1) is 13.8. The molecule has 2 unspecified atom stereocenters. The van der Waals surface area contributed by atoms with Gasteiger partial charge in [-0.05, 0) is 12.0 Å². The molecular formula is C13H13F13O4S. The minimum atomic E-state index is -7.91. The Balaban J connectivity index is 2.83. The van der Waals surface area contributed by atoms with Crippen LogP contribution >= 0.6 is 12.0 Å². The number of halogens is 13. The van der Waals surface area contributed by atoms with E-state index in [1.54, 1.807) is 0 Å². The molecule has 1 aliphatic rings. The highest BCUT2D eigenvalue weighted by Gasteiger charge is 2.90. The summed E-state index contributed by atoms with van der Waals surface area (Å²) in [6, 6.07) is 0. The van der Waals surface area contributed by atoms with Crippen molar-refractivity contribution in [1.82, 2.24) is 0 Å². The molecule has 0 N–H and O–H groups in total. The van der Waals surface area contributed by atoms with Gasteiger partial charge >= 0.3 is 35.8 Å². The highest BCUT2D eigenvalue weighted by atomic mass is 32.2. The zero-order chi connectivity index (χ0) is 24.5. The molecule has 0 spiro atoms. The summed E-state index contributed by atoms with van der Waals surface area (Å²) in [5, 5.41) is 0. The summed E-state index contributed by atoms with van der Waals surface area (Å²) in [6.45, 7) is -3.57. The number of alkyl halides is 13. The predicted octanol–water partition coefficient (Wildman–Crippen LogP) is 5.13. The molecule has 0 radical (unpaired) electrons. The molecule has 1 saturated heterocycles. The molecule has 0 aromatic carbocycles. The Morgan fingerprint density at radius 3 is 1.81 bits per heavy atom. The molecule has 4 nitrogen and oxygen atoms in total. The number of rotatable bonds is 11. The van der Waals surface area contributed by atoms with Crippen LogP contribution in [0.4, 0.5) is 57.1 Å². The van der Waals surface area contributed by atoms with Crippen molar-refractivity contribution >= 4 is 12.0 Å². The Morgan fingerprint density at radius 1 is 0.806 bits per heavy atom. The molecule has 1 aliphatic heterocycles. The van der Waals surface area contributed by atoms with Gasteiger partial charge in [0.1, 0.15) is 6.10 Å². The van der Waals surface area contributed by atoms with Crippen LogP contribution in [0, 0.1) is 0 Å². The monoisotopic (exact) mass is 512 g/mol. The van der Waals surface area contributed by atoms with E-state index in [-0.39, 0.29) is 6.61 Å². The van der Waals surface area contributed by atoms with Crippen LogP contribution in [0.5, 0.6) is 0 Å². The van der Waals surface area contributed by atoms with Gasteiger partial charge < -0.3 is 14.2 Å². The number of ether oxygens (including phenoxy) is 3. The Kier molecular flexibility index (Phi) is 8.46. The van der Waals surface area contributed by atoms with E-state index in [1.807, 2.05) is 0 Å². The lowest BCUT2D eigenvalue weighted by molar-refractivity contribution is -0.440. The van der Waals surface area contributed by atoms with E-state index in [2.05, 4.69) is 4.74 Å². The molecule has 31 heavy (non-hydrogen) atoms. The van der Waals surface area contributed by atoms with Crippen LogP contribution < -0.4 is 0 Å². The van der Waals surface area contributed by atoms with Crippen molar-refractivity contribution < 1.29 is 75.5 Å². The minimum absolute atomic E-state index is 0.228. The van der Waals surface area contributed by atoms with Crippen molar-refractivity contribution in [1.29, 1.82) is 0 Å². The summed E-state index contributed by atoms with van der Waals surface area (Å²) in [4.78, 5) is 0. The summed E-state index contributed by atoms with van der Waals surface area (Å²) in [5.41, 5.74) is 0. The van der Waals surface area contributed by atoms with Crippen molar-refractivity contribution in [2.75, 3.05) is 26.1 Å². The molecule has 1 fully saturated rings. The molecule has 0 aliphatic carbocycles. The predicted molar refractivity (Wildman–Crippen MR) is 75.4 cm³/mol. The molecule has 0 saturated carbocycles. The van der Waals surface area contributed by atoms with Crippen LogP contribution in [0.25, 0.3) is 0 Å². The van der Waals surface area contributed by atoms with Crippen LogP contribution in [0.1, 0.15) is 6.42 Å². The van der Waals surface area contributed by atoms with Crippen LogP contribution in [-0.4, -0.2) is 74.4 Å². The van der Waals surface area contributed by atoms with Crippen molar-refractivity contribution in [3.8, 4) is 0 Å². The molecule has 0 aromatic rings. The highest BCUT2D eigenvalue weighted by molar-refractivity contribution is 7.93. The lowest BCUT2D eigenvalue weighted by Crippen LogP contribution is -2.70. The van der Waals surface area contributed by atoms with Crippen LogP contribution in [0.3, 0.4) is 0 Å². The molecule has 1 rings (SSSR count). The maximum Gasteiger partial charge on any atom is 0.460 e. The average Bonchev–Trinajstić information content (AvgIpc) is 3.05. The molecule has 2 atom stereocenters. The summed E-state index contributed by atoms with van der Waals surface area (Å²) in [6.07, 6.45) is -9.37. The van der Waals surface area contributed by atoms with Crippen LogP contribution in [-0.2, 0) is 18.4 Å². The molecule has 0 aromatic heterocycles. The summed E-state index contributed by atoms with van der Waals surface area (Å²) in [7, 11) is 0. The maximum absolute atomic E-state index is 13.5. The Bertz CT molecular complexity index is 598. The average molecular weight is 512 g/mol. The molecule has 0 amide bonds. The van der Waals surface area contributed by atoms with Crippen LogP contribution in [0.2, 0.25) is 0 Å². The van der Waals surface area contributed by atoms with Gasteiger partial charge in [0.05, 0.1) is 19.8 Å². The molecule has 186 valence electrons. The van der Waals surface area contributed by atoms with Gasteiger partial charge in [0, 0.05) is 12.7 Å². The second-order valence-electron chi connectivity index (χ2n) is 5.97. The lowest BCUT2D eigenvalue weighted by atomic mass is 9.93. The first-order valence-electron chi connectivity index (χ1n) is 7.76. The van der Waals surface area contributed by atoms with Gasteiger partial charge in [-0.3, -0.25) is 4.18 Å². The third-order valence-corrected chi connectivity index (χ3v) is 4.11. The largest absolute Gasteiger partial charge is 0.460 e.